The topological polar surface area (TPSA) is 329 Å². The second-order valence-corrected chi connectivity index (χ2v) is 41.8. The van der Waals surface area contributed by atoms with Crippen LogP contribution in [-0.4, -0.2) is 164 Å². The van der Waals surface area contributed by atoms with E-state index in [-0.39, 0.29) is 85.1 Å². The lowest BCUT2D eigenvalue weighted by molar-refractivity contribution is -0.288. The van der Waals surface area contributed by atoms with E-state index >= 15 is 0 Å². The number of aliphatic hydroxyl groups excluding tert-OH is 5. The molecule has 0 aliphatic carbocycles. The molecule has 812 valence electrons. The molecule has 0 aromatic heterocycles. The second kappa shape index (κ2) is 67.4. The molecule has 3 aromatic carbocycles. The fourth-order valence-electron chi connectivity index (χ4n) is 18.1. The highest BCUT2D eigenvalue weighted by atomic mass is 16.7. The van der Waals surface area contributed by atoms with Gasteiger partial charge < -0.3 is 78.8 Å². The Hall–Kier alpha value is -7.38. The Morgan fingerprint density at radius 3 is 1.06 bits per heavy atom. The number of esters is 3. The molecule has 2 aliphatic heterocycles. The lowest BCUT2D eigenvalue weighted by atomic mass is 9.71. The summed E-state index contributed by atoms with van der Waals surface area (Å²) >= 11 is 0. The number of hydrogen-bond acceptors (Lipinski definition) is 20. The number of carbonyl (C=O) groups excluding carboxylic acids is 5. The molecule has 2 saturated heterocycles. The van der Waals surface area contributed by atoms with Crippen molar-refractivity contribution in [2.45, 2.75) is 447 Å². The van der Waals surface area contributed by atoms with Crippen molar-refractivity contribution in [3.63, 3.8) is 0 Å². The van der Waals surface area contributed by atoms with Crippen LogP contribution < -0.4 is 0 Å². The predicted octanol–water partition coefficient (Wildman–Crippen LogP) is 27.7. The SMILES string of the molecule is C.C/C=C(\CC)C(C)(C)C(=O)OCC.C/C=C(\CC)C(C)(C)C(O)CC(=O)O.C/C=C(\CC)C(C)(C)C(O)CC(=O)OC(c1ccccc1)C(O)(c1ccccc1)c1ccccc1.C/C=C(\CC)C(C)(C)C(O)CCO.C/C=C(\CC)C(C)(C)C1CCOC(C)(C)O1.C/C=C(\CC)C(C)(C)C=O.C/C=C(\CC)C(C)(C)CO.CCC(=O)C(C)(C)C1CCOC(C)(C)O1.CCOC(=O)C(C)(C)C(O)(CC)CC. The van der Waals surface area contributed by atoms with Crippen LogP contribution in [0.25, 0.3) is 0 Å². The molecule has 2 aliphatic rings. The van der Waals surface area contributed by atoms with Crippen molar-refractivity contribution in [3.8, 4) is 0 Å². The van der Waals surface area contributed by atoms with E-state index in [4.69, 9.17) is 48.5 Å². The summed E-state index contributed by atoms with van der Waals surface area (Å²) in [7, 11) is 0. The van der Waals surface area contributed by atoms with E-state index in [2.05, 4.69) is 87.5 Å². The van der Waals surface area contributed by atoms with Crippen LogP contribution in [0, 0.1) is 48.7 Å². The zero-order valence-corrected chi connectivity index (χ0v) is 95.5. The third-order valence-electron chi connectivity index (χ3n) is 28.5. The average Bonchev–Trinajstić information content (AvgIpc) is 0.754. The highest BCUT2D eigenvalue weighted by Crippen LogP contribution is 2.47. The molecule has 141 heavy (non-hydrogen) atoms. The summed E-state index contributed by atoms with van der Waals surface area (Å²) < 4.78 is 39.0. The maximum absolute atomic E-state index is 13.3. The highest BCUT2D eigenvalue weighted by molar-refractivity contribution is 5.84. The minimum Gasteiger partial charge on any atom is -0.481 e. The van der Waals surface area contributed by atoms with Crippen LogP contribution in [-0.2, 0) is 67.5 Å². The lowest BCUT2D eigenvalue weighted by Gasteiger charge is -2.44. The zero-order chi connectivity index (χ0) is 110. The molecular weight excluding hydrogens is 1780 g/mol. The molecule has 21 nitrogen and oxygen atoms in total. The fraction of sp³-hybridized carbons (Fsp3) is 0.683. The molecule has 2 heterocycles. The molecular formula is C120H206O21. The van der Waals surface area contributed by atoms with Gasteiger partial charge in [0, 0.05) is 50.9 Å². The van der Waals surface area contributed by atoms with Gasteiger partial charge in [0.1, 0.15) is 12.1 Å². The number of allylic oxidation sites excluding steroid dienone is 8. The fourth-order valence-corrected chi connectivity index (χ4v) is 18.1. The third kappa shape index (κ3) is 44.8. The zero-order valence-electron chi connectivity index (χ0n) is 95.5. The average molecular weight is 1980 g/mol. The first-order valence-corrected chi connectivity index (χ1v) is 51.6. The number of rotatable bonds is 41. The number of benzene rings is 3. The van der Waals surface area contributed by atoms with Gasteiger partial charge in [0.2, 0.25) is 0 Å². The van der Waals surface area contributed by atoms with Crippen LogP contribution in [0.1, 0.15) is 410 Å². The summed E-state index contributed by atoms with van der Waals surface area (Å²) in [6.45, 7) is 83.5. The number of ketones is 1. The van der Waals surface area contributed by atoms with Crippen molar-refractivity contribution in [1.82, 2.24) is 0 Å². The molecule has 0 radical (unpaired) electrons. The molecule has 2 fully saturated rings. The molecule has 5 rings (SSSR count). The molecule has 0 bridgehead atoms. The summed E-state index contributed by atoms with van der Waals surface area (Å²) in [5.74, 6) is -2.74. The Morgan fingerprint density at radius 1 is 0.440 bits per heavy atom. The quantitative estimate of drug-likeness (QED) is 0.0113. The summed E-state index contributed by atoms with van der Waals surface area (Å²) in [6.07, 6.45) is 22.4. The first kappa shape index (κ1) is 142. The van der Waals surface area contributed by atoms with Gasteiger partial charge in [-0.3, -0.25) is 24.0 Å². The van der Waals surface area contributed by atoms with Crippen LogP contribution in [0.3, 0.4) is 0 Å². The Kier molecular flexibility index (Phi) is 67.9. The first-order valence-electron chi connectivity index (χ1n) is 51.6. The first-order chi connectivity index (χ1) is 64.7. The minimum atomic E-state index is -1.64. The Balaban J connectivity index is -0.000000510. The van der Waals surface area contributed by atoms with Gasteiger partial charge in [0.25, 0.3) is 0 Å². The molecule has 0 saturated carbocycles. The van der Waals surface area contributed by atoms with Gasteiger partial charge in [0.15, 0.2) is 23.3 Å². The minimum absolute atomic E-state index is 0. The number of carbonyl (C=O) groups is 6. The maximum Gasteiger partial charge on any atom is 0.315 e. The van der Waals surface area contributed by atoms with Crippen molar-refractivity contribution in [3.05, 3.63) is 189 Å². The Morgan fingerprint density at radius 2 is 0.773 bits per heavy atom. The van der Waals surface area contributed by atoms with Crippen molar-refractivity contribution >= 4 is 35.9 Å². The van der Waals surface area contributed by atoms with E-state index in [9.17, 15) is 54.3 Å². The van der Waals surface area contributed by atoms with Gasteiger partial charge in [0.05, 0.1) is 92.8 Å². The van der Waals surface area contributed by atoms with Crippen LogP contribution in [0.5, 0.6) is 0 Å². The van der Waals surface area contributed by atoms with Gasteiger partial charge in [-0.1, -0.05) is 332 Å². The predicted molar refractivity (Wildman–Crippen MR) is 583 cm³/mol. The van der Waals surface area contributed by atoms with Gasteiger partial charge >= 0.3 is 23.9 Å². The number of carboxylic acid groups (broad SMARTS) is 1. The van der Waals surface area contributed by atoms with Crippen LogP contribution in [0.15, 0.2) is 173 Å². The van der Waals surface area contributed by atoms with E-state index in [1.54, 1.807) is 20.8 Å². The molecule has 21 heteroatoms. The molecule has 8 N–H and O–H groups in total. The summed E-state index contributed by atoms with van der Waals surface area (Å²) in [4.78, 5) is 69.3. The van der Waals surface area contributed by atoms with Crippen molar-refractivity contribution in [2.24, 2.45) is 48.7 Å². The van der Waals surface area contributed by atoms with Gasteiger partial charge in [-0.25, -0.2) is 0 Å². The second-order valence-electron chi connectivity index (χ2n) is 41.8. The van der Waals surface area contributed by atoms with E-state index < -0.39 is 86.2 Å². The Bertz CT molecular complexity index is 4190. The number of hydrogen-bond donors (Lipinski definition) is 8. The summed E-state index contributed by atoms with van der Waals surface area (Å²) in [5.41, 5.74) is 4.64. The number of Topliss-reactive ketones (excluding diaryl/α,β-unsaturated/α-hetero) is 1. The molecule has 0 spiro atoms. The summed E-state index contributed by atoms with van der Waals surface area (Å²) in [5, 5.41) is 79.5. The van der Waals surface area contributed by atoms with Crippen molar-refractivity contribution < 1.29 is 103 Å². The third-order valence-corrected chi connectivity index (χ3v) is 28.5. The van der Waals surface area contributed by atoms with Crippen molar-refractivity contribution in [2.75, 3.05) is 39.6 Å². The van der Waals surface area contributed by atoms with Gasteiger partial charge in [-0.15, -0.1) is 0 Å². The van der Waals surface area contributed by atoms with E-state index in [0.717, 1.165) is 87.4 Å². The van der Waals surface area contributed by atoms with E-state index in [1.807, 2.05) is 309 Å². The van der Waals surface area contributed by atoms with Gasteiger partial charge in [-0.05, 0) is 225 Å². The smallest absolute Gasteiger partial charge is 0.315 e. The Labute approximate surface area is 858 Å². The largest absolute Gasteiger partial charge is 0.481 e. The molecule has 0 amide bonds. The number of ether oxygens (including phenoxy) is 7. The lowest BCUT2D eigenvalue weighted by Crippen LogP contribution is -2.49. The van der Waals surface area contributed by atoms with Crippen LogP contribution in [0.2, 0.25) is 0 Å². The molecule has 6 unspecified atom stereocenters. The standard InChI is InChI=1S/C31H36O4.C14H26O2.C12H22O3.C11H22O3.C11H20O3.C11H20O2.C11H22O2.C9H18O.C9H16O.CH4/c1-5-24(6-2)30(3,4)27(32)22-28(33)35-29(23-16-10-7-11-17-23)31(34,25-18-12-8-13-19-25)26-20-14-9-15-21-26;1-7-11(8-2)13(3,4)12-9-10-15-14(5,6)16-12;1-6-9(13)11(2,3)10-7-8-14-12(4,5)15-10;1-6-11(13,7-2)10(4,5)9(12)14-8-3;1-5-8(6-2)11(3,4)9(12)7-10(13)14;1-6-9(7-2)11(4,5)10(12)13-8-3;1-5-9(6-2)11(3,4)10(13)7-8-12;2*1-5-8(6-2)9(3,4)7-10;/h5,7-21,27,29,32,34H,6,22H2,1-4H3;7,12H,8-10H2,1-6H3;10H,6-8H2,1-5H3;13H,6-8H2,1-5H3;5,9,12H,6-7H2,1-4H3,(H,13,14);6H,7-8H2,1-5H3;5,10,12-13H,6-8H2,1-4H3;5,10H,6-7H2,1-4H3;5,7H,6H2,1-4H3;1H4/b24-5+;11-7+;;;8-5+;9-6+;9-5+;2*8-5+;. The van der Waals surface area contributed by atoms with Crippen LogP contribution in [0.4, 0.5) is 0 Å². The molecule has 3 aromatic rings. The van der Waals surface area contributed by atoms with E-state index in [0.29, 0.717) is 62.2 Å². The van der Waals surface area contributed by atoms with Crippen LogP contribution >= 0.6 is 0 Å². The summed E-state index contributed by atoms with van der Waals surface area (Å²) in [6, 6.07) is 27.7. The normalized spacial score (nSPS) is 16.8. The number of carboxylic acids is 1. The highest BCUT2D eigenvalue weighted by Gasteiger charge is 2.49. The monoisotopic (exact) mass is 1980 g/mol. The number of aliphatic hydroxyl groups is 7. The maximum atomic E-state index is 13.3. The van der Waals surface area contributed by atoms with Gasteiger partial charge in [-0.2, -0.15) is 0 Å². The molecule has 6 atom stereocenters. The number of aldehydes is 1. The van der Waals surface area contributed by atoms with E-state index in [1.165, 1.54) is 22.3 Å². The van der Waals surface area contributed by atoms with Crippen molar-refractivity contribution in [1.29, 1.82) is 0 Å². The number of aliphatic carboxylic acids is 1.